The Morgan fingerprint density at radius 2 is 2.10 bits per heavy atom. The molecule has 0 fully saturated rings. The summed E-state index contributed by atoms with van der Waals surface area (Å²) in [5, 5.41) is 3.12. The summed E-state index contributed by atoms with van der Waals surface area (Å²) in [6.07, 6.45) is 0.708. The molecule has 0 bridgehead atoms. The van der Waals surface area contributed by atoms with Gasteiger partial charge in [-0.1, -0.05) is 6.92 Å². The highest BCUT2D eigenvalue weighted by Crippen LogP contribution is 2.20. The maximum atomic E-state index is 13.3. The zero-order chi connectivity index (χ0) is 15.2. The lowest BCUT2D eigenvalue weighted by Crippen LogP contribution is -2.34. The molecule has 0 aliphatic rings. The molecule has 5 nitrogen and oxygen atoms in total. The highest BCUT2D eigenvalue weighted by atomic mass is 79.9. The molecular formula is C12H19BrFN3O2S. The lowest BCUT2D eigenvalue weighted by atomic mass is 10.3. The van der Waals surface area contributed by atoms with Crippen molar-refractivity contribution < 1.29 is 12.8 Å². The maximum Gasteiger partial charge on any atom is 0.301 e. The zero-order valence-corrected chi connectivity index (χ0v) is 13.9. The first-order valence-electron chi connectivity index (χ1n) is 6.26. The van der Waals surface area contributed by atoms with Gasteiger partial charge < -0.3 is 5.32 Å². The van der Waals surface area contributed by atoms with E-state index in [9.17, 15) is 12.8 Å². The van der Waals surface area contributed by atoms with Crippen LogP contribution in [0.4, 0.5) is 10.1 Å². The minimum absolute atomic E-state index is 0.198. The van der Waals surface area contributed by atoms with Crippen molar-refractivity contribution in [1.82, 2.24) is 9.62 Å². The van der Waals surface area contributed by atoms with Gasteiger partial charge in [0.2, 0.25) is 0 Å². The number of hydrogen-bond donors (Lipinski definition) is 2. The molecule has 8 heteroatoms. The molecule has 0 aromatic heterocycles. The second-order valence-electron chi connectivity index (χ2n) is 4.26. The van der Waals surface area contributed by atoms with E-state index in [0.29, 0.717) is 17.4 Å². The Hall–Kier alpha value is -0.700. The molecule has 0 aliphatic carbocycles. The van der Waals surface area contributed by atoms with Crippen LogP contribution in [0.3, 0.4) is 0 Å². The van der Waals surface area contributed by atoms with Crippen LogP contribution in [0, 0.1) is 5.82 Å². The highest BCUT2D eigenvalue weighted by molar-refractivity contribution is 9.10. The van der Waals surface area contributed by atoms with Crippen molar-refractivity contribution in [1.29, 1.82) is 0 Å². The zero-order valence-electron chi connectivity index (χ0n) is 11.5. The molecule has 1 aromatic carbocycles. The molecule has 20 heavy (non-hydrogen) atoms. The summed E-state index contributed by atoms with van der Waals surface area (Å²) in [4.78, 5) is 0. The van der Waals surface area contributed by atoms with E-state index in [0.717, 1.165) is 19.2 Å². The Bertz CT molecular complexity index is 540. The molecular weight excluding hydrogens is 349 g/mol. The predicted octanol–water partition coefficient (Wildman–Crippen LogP) is 2.18. The van der Waals surface area contributed by atoms with Crippen LogP contribution in [0.15, 0.2) is 22.7 Å². The number of halogens is 2. The predicted molar refractivity (Wildman–Crippen MR) is 82.4 cm³/mol. The monoisotopic (exact) mass is 367 g/mol. The van der Waals surface area contributed by atoms with Crippen molar-refractivity contribution in [2.45, 2.75) is 13.3 Å². The Kier molecular flexibility index (Phi) is 6.87. The van der Waals surface area contributed by atoms with Gasteiger partial charge in [0.15, 0.2) is 0 Å². The smallest absolute Gasteiger partial charge is 0.301 e. The minimum Gasteiger partial charge on any atom is -0.317 e. The summed E-state index contributed by atoms with van der Waals surface area (Å²) in [5.41, 5.74) is 0.198. The van der Waals surface area contributed by atoms with Gasteiger partial charge in [0.1, 0.15) is 5.82 Å². The SMILES string of the molecule is CCNCCCN(C)S(=O)(=O)Nc1ccc(Br)c(F)c1. The fraction of sp³-hybridized carbons (Fsp3) is 0.500. The molecule has 0 amide bonds. The van der Waals surface area contributed by atoms with Gasteiger partial charge in [-0.2, -0.15) is 12.7 Å². The number of anilines is 1. The van der Waals surface area contributed by atoms with E-state index in [1.807, 2.05) is 6.92 Å². The number of benzene rings is 1. The van der Waals surface area contributed by atoms with Crippen molar-refractivity contribution in [3.8, 4) is 0 Å². The van der Waals surface area contributed by atoms with Crippen LogP contribution in [-0.4, -0.2) is 39.4 Å². The van der Waals surface area contributed by atoms with Crippen molar-refractivity contribution in [3.63, 3.8) is 0 Å². The third-order valence-electron chi connectivity index (χ3n) is 2.65. The molecule has 2 N–H and O–H groups in total. The largest absolute Gasteiger partial charge is 0.317 e. The standard InChI is InChI=1S/C12H19BrFN3O2S/c1-3-15-7-4-8-17(2)20(18,19)16-10-5-6-11(13)12(14)9-10/h5-6,9,15-16H,3-4,7-8H2,1-2H3. The second-order valence-corrected chi connectivity index (χ2v) is 6.90. The fourth-order valence-electron chi connectivity index (χ4n) is 1.51. The molecule has 0 heterocycles. The summed E-state index contributed by atoms with van der Waals surface area (Å²) in [6, 6.07) is 4.09. The molecule has 0 saturated carbocycles. The van der Waals surface area contributed by atoms with Gasteiger partial charge in [-0.15, -0.1) is 0 Å². The summed E-state index contributed by atoms with van der Waals surface area (Å²) in [6.45, 7) is 3.99. The van der Waals surface area contributed by atoms with Crippen LogP contribution >= 0.6 is 15.9 Å². The summed E-state index contributed by atoms with van der Waals surface area (Å²) in [7, 11) is -2.17. The van der Waals surface area contributed by atoms with Crippen LogP contribution in [-0.2, 0) is 10.2 Å². The quantitative estimate of drug-likeness (QED) is 0.692. The number of rotatable bonds is 8. The van der Waals surface area contributed by atoms with E-state index < -0.39 is 16.0 Å². The topological polar surface area (TPSA) is 61.4 Å². The highest BCUT2D eigenvalue weighted by Gasteiger charge is 2.17. The molecule has 0 aliphatic heterocycles. The van der Waals surface area contributed by atoms with Gasteiger partial charge in [0.25, 0.3) is 0 Å². The maximum absolute atomic E-state index is 13.3. The molecule has 0 atom stereocenters. The average molecular weight is 368 g/mol. The average Bonchev–Trinajstić information content (AvgIpc) is 2.38. The first kappa shape index (κ1) is 17.4. The van der Waals surface area contributed by atoms with Crippen LogP contribution in [0.2, 0.25) is 0 Å². The van der Waals surface area contributed by atoms with Crippen LogP contribution in [0.25, 0.3) is 0 Å². The van der Waals surface area contributed by atoms with Crippen LogP contribution < -0.4 is 10.0 Å². The summed E-state index contributed by atoms with van der Waals surface area (Å²) in [5.74, 6) is -0.514. The Morgan fingerprint density at radius 1 is 1.40 bits per heavy atom. The Labute approximate surface area is 127 Å². The van der Waals surface area contributed by atoms with E-state index in [1.54, 1.807) is 0 Å². The van der Waals surface area contributed by atoms with E-state index in [1.165, 1.54) is 23.5 Å². The van der Waals surface area contributed by atoms with Gasteiger partial charge in [0, 0.05) is 13.6 Å². The number of nitrogens with zero attached hydrogens (tertiary/aromatic N) is 1. The summed E-state index contributed by atoms with van der Waals surface area (Å²) < 4.78 is 41.2. The normalized spacial score (nSPS) is 11.8. The molecule has 1 aromatic rings. The third kappa shape index (κ3) is 5.35. The third-order valence-corrected chi connectivity index (χ3v) is 4.79. The van der Waals surface area contributed by atoms with E-state index in [-0.39, 0.29) is 5.69 Å². The molecule has 114 valence electrons. The van der Waals surface area contributed by atoms with Crippen molar-refractivity contribution in [3.05, 3.63) is 28.5 Å². The molecule has 0 saturated heterocycles. The molecule has 0 spiro atoms. The van der Waals surface area contributed by atoms with E-state index >= 15 is 0 Å². The van der Waals surface area contributed by atoms with E-state index in [2.05, 4.69) is 26.0 Å². The van der Waals surface area contributed by atoms with Crippen LogP contribution in [0.1, 0.15) is 13.3 Å². The van der Waals surface area contributed by atoms with Crippen LogP contribution in [0.5, 0.6) is 0 Å². The van der Waals surface area contributed by atoms with Gasteiger partial charge >= 0.3 is 10.2 Å². The minimum atomic E-state index is -3.66. The molecule has 0 radical (unpaired) electrons. The second kappa shape index (κ2) is 7.92. The number of nitrogens with one attached hydrogen (secondary N) is 2. The van der Waals surface area contributed by atoms with E-state index in [4.69, 9.17) is 0 Å². The number of hydrogen-bond acceptors (Lipinski definition) is 3. The van der Waals surface area contributed by atoms with Gasteiger partial charge in [-0.3, -0.25) is 4.72 Å². The van der Waals surface area contributed by atoms with Gasteiger partial charge in [0.05, 0.1) is 10.2 Å². The first-order valence-corrected chi connectivity index (χ1v) is 8.50. The van der Waals surface area contributed by atoms with Gasteiger partial charge in [-0.05, 0) is 53.6 Å². The van der Waals surface area contributed by atoms with Crippen molar-refractivity contribution in [2.24, 2.45) is 0 Å². The Balaban J connectivity index is 2.61. The Morgan fingerprint density at radius 3 is 2.70 bits per heavy atom. The molecule has 1 rings (SSSR count). The fourth-order valence-corrected chi connectivity index (χ4v) is 2.71. The molecule has 0 unspecified atom stereocenters. The summed E-state index contributed by atoms with van der Waals surface area (Å²) >= 11 is 3.02. The van der Waals surface area contributed by atoms with Gasteiger partial charge in [-0.25, -0.2) is 4.39 Å². The van der Waals surface area contributed by atoms with Crippen molar-refractivity contribution >= 4 is 31.8 Å². The first-order chi connectivity index (χ1) is 9.36. The lowest BCUT2D eigenvalue weighted by Gasteiger charge is -2.18. The lowest BCUT2D eigenvalue weighted by molar-refractivity contribution is 0.459. The van der Waals surface area contributed by atoms with Crippen molar-refractivity contribution in [2.75, 3.05) is 31.4 Å².